The molecule has 0 saturated carbocycles. The van der Waals surface area contributed by atoms with Gasteiger partial charge in [0.05, 0.1) is 11.7 Å². The highest BCUT2D eigenvalue weighted by molar-refractivity contribution is 5.91. The minimum absolute atomic E-state index is 0. The standard InChI is InChI=1S/C30H32O5.C6H14O.CH4/c1-4-6-7-8-9-22(3)33-26-18-20-28(21-19-26)35-30(32)25-12-10-23(11-13-25)24-14-16-27(17-15-24)34-29(31)5-2;1-3-5-7-6-4-2;/h5,10-22H,2,4,6-9H2,1,3H3;3-6H2,1-2H3;1H4/t22-;;/m0../s1. The zero-order valence-corrected chi connectivity index (χ0v) is 25.6. The maximum Gasteiger partial charge on any atom is 0.343 e. The molecule has 0 bridgehead atoms. The van der Waals surface area contributed by atoms with Gasteiger partial charge in [0.1, 0.15) is 17.2 Å². The molecule has 0 unspecified atom stereocenters. The van der Waals surface area contributed by atoms with Crippen LogP contribution in [0, 0.1) is 0 Å². The first-order chi connectivity index (χ1) is 20.4. The van der Waals surface area contributed by atoms with Crippen molar-refractivity contribution in [3.8, 4) is 28.4 Å². The van der Waals surface area contributed by atoms with Crippen LogP contribution >= 0.6 is 0 Å². The maximum atomic E-state index is 12.6. The molecule has 6 nitrogen and oxygen atoms in total. The van der Waals surface area contributed by atoms with E-state index in [1.54, 1.807) is 36.4 Å². The van der Waals surface area contributed by atoms with Gasteiger partial charge >= 0.3 is 11.9 Å². The first-order valence-corrected chi connectivity index (χ1v) is 15.0. The number of unbranched alkanes of at least 4 members (excludes halogenated alkanes) is 3. The van der Waals surface area contributed by atoms with Crippen molar-refractivity contribution in [2.75, 3.05) is 13.2 Å². The largest absolute Gasteiger partial charge is 0.491 e. The fourth-order valence-electron chi connectivity index (χ4n) is 3.96. The van der Waals surface area contributed by atoms with Gasteiger partial charge in [0.25, 0.3) is 0 Å². The topological polar surface area (TPSA) is 71.1 Å². The van der Waals surface area contributed by atoms with E-state index in [4.69, 9.17) is 18.9 Å². The third-order valence-corrected chi connectivity index (χ3v) is 6.23. The summed E-state index contributed by atoms with van der Waals surface area (Å²) in [5, 5.41) is 0. The number of ether oxygens (including phenoxy) is 4. The van der Waals surface area contributed by atoms with Gasteiger partial charge in [0.2, 0.25) is 0 Å². The Labute approximate surface area is 259 Å². The van der Waals surface area contributed by atoms with E-state index >= 15 is 0 Å². The van der Waals surface area contributed by atoms with Crippen molar-refractivity contribution in [3.05, 3.63) is 91.0 Å². The predicted octanol–water partition coefficient (Wildman–Crippen LogP) is 9.86. The molecule has 43 heavy (non-hydrogen) atoms. The van der Waals surface area contributed by atoms with E-state index in [2.05, 4.69) is 34.3 Å². The van der Waals surface area contributed by atoms with E-state index in [1.165, 1.54) is 25.7 Å². The van der Waals surface area contributed by atoms with Crippen molar-refractivity contribution in [1.29, 1.82) is 0 Å². The molecule has 0 aromatic heterocycles. The minimum atomic E-state index is -0.504. The number of hydrogen-bond donors (Lipinski definition) is 0. The summed E-state index contributed by atoms with van der Waals surface area (Å²) < 4.78 is 21.7. The molecule has 3 aromatic carbocycles. The Kier molecular flexibility index (Phi) is 18.8. The fraction of sp³-hybridized carbons (Fsp3) is 0.405. The Hall–Kier alpha value is -3.90. The summed E-state index contributed by atoms with van der Waals surface area (Å²) >= 11 is 0. The summed E-state index contributed by atoms with van der Waals surface area (Å²) in [6.45, 7) is 13.8. The van der Waals surface area contributed by atoms with Crippen molar-refractivity contribution in [1.82, 2.24) is 0 Å². The third-order valence-electron chi connectivity index (χ3n) is 6.23. The summed E-state index contributed by atoms with van der Waals surface area (Å²) in [4.78, 5) is 23.9. The molecule has 0 aliphatic rings. The Morgan fingerprint density at radius 2 is 1.21 bits per heavy atom. The fourth-order valence-corrected chi connectivity index (χ4v) is 3.96. The zero-order chi connectivity index (χ0) is 30.6. The second-order valence-electron chi connectivity index (χ2n) is 9.98. The molecule has 6 heteroatoms. The van der Waals surface area contributed by atoms with Crippen LogP contribution in [0.2, 0.25) is 0 Å². The second-order valence-corrected chi connectivity index (χ2v) is 9.98. The smallest absolute Gasteiger partial charge is 0.343 e. The molecule has 234 valence electrons. The molecular formula is C37H50O6. The van der Waals surface area contributed by atoms with Gasteiger partial charge in [-0.3, -0.25) is 0 Å². The number of carbonyl (C=O) groups is 2. The van der Waals surface area contributed by atoms with Crippen molar-refractivity contribution >= 4 is 11.9 Å². The SMILES string of the molecule is C.C=CC(=O)Oc1ccc(-c2ccc(C(=O)Oc3ccc(O[C@@H](C)CCCCCC)cc3)cc2)cc1.CCCOCCC. The van der Waals surface area contributed by atoms with Gasteiger partial charge in [-0.05, 0) is 92.3 Å². The van der Waals surface area contributed by atoms with Gasteiger partial charge in [-0.25, -0.2) is 9.59 Å². The maximum absolute atomic E-state index is 12.6. The van der Waals surface area contributed by atoms with Gasteiger partial charge in [0.15, 0.2) is 0 Å². The number of esters is 2. The molecule has 0 saturated heterocycles. The Morgan fingerprint density at radius 3 is 1.74 bits per heavy atom. The molecule has 0 aliphatic carbocycles. The van der Waals surface area contributed by atoms with Crippen molar-refractivity contribution < 1.29 is 28.5 Å². The van der Waals surface area contributed by atoms with Crippen LogP contribution in [0.15, 0.2) is 85.5 Å². The molecule has 0 N–H and O–H groups in total. The van der Waals surface area contributed by atoms with Gasteiger partial charge < -0.3 is 18.9 Å². The molecule has 3 rings (SSSR count). The molecule has 0 aliphatic heterocycles. The van der Waals surface area contributed by atoms with Crippen LogP contribution in [0.1, 0.15) is 90.4 Å². The van der Waals surface area contributed by atoms with Crippen LogP contribution < -0.4 is 14.2 Å². The lowest BCUT2D eigenvalue weighted by Gasteiger charge is -2.15. The molecular weight excluding hydrogens is 540 g/mol. The first-order valence-electron chi connectivity index (χ1n) is 15.0. The summed E-state index contributed by atoms with van der Waals surface area (Å²) in [6, 6.07) is 21.4. The first kappa shape index (κ1) is 37.1. The predicted molar refractivity (Wildman–Crippen MR) is 176 cm³/mol. The molecule has 1 atom stereocenters. The van der Waals surface area contributed by atoms with Crippen LogP contribution in [-0.4, -0.2) is 31.3 Å². The van der Waals surface area contributed by atoms with E-state index in [0.717, 1.165) is 55.4 Å². The zero-order valence-electron chi connectivity index (χ0n) is 25.6. The molecule has 0 radical (unpaired) electrons. The summed E-state index contributed by atoms with van der Waals surface area (Å²) in [5.74, 6) is 0.738. The number of hydrogen-bond acceptors (Lipinski definition) is 6. The Morgan fingerprint density at radius 1 is 0.698 bits per heavy atom. The molecule has 3 aromatic rings. The van der Waals surface area contributed by atoms with Gasteiger partial charge in [-0.15, -0.1) is 0 Å². The summed E-state index contributed by atoms with van der Waals surface area (Å²) in [6.07, 6.45) is 9.46. The van der Waals surface area contributed by atoms with Crippen LogP contribution in [0.4, 0.5) is 0 Å². The Bertz CT molecular complexity index is 1180. The molecule has 0 spiro atoms. The molecule has 0 fully saturated rings. The normalized spacial score (nSPS) is 10.8. The van der Waals surface area contributed by atoms with Crippen molar-refractivity contribution in [2.45, 2.75) is 86.2 Å². The van der Waals surface area contributed by atoms with E-state index in [-0.39, 0.29) is 13.5 Å². The molecule has 0 amide bonds. The van der Waals surface area contributed by atoms with Crippen LogP contribution in [0.25, 0.3) is 11.1 Å². The lowest BCUT2D eigenvalue weighted by Crippen LogP contribution is -2.11. The summed E-state index contributed by atoms with van der Waals surface area (Å²) in [5.41, 5.74) is 2.30. The van der Waals surface area contributed by atoms with E-state index in [0.29, 0.717) is 17.1 Å². The highest BCUT2D eigenvalue weighted by Crippen LogP contribution is 2.24. The highest BCUT2D eigenvalue weighted by Gasteiger charge is 2.10. The van der Waals surface area contributed by atoms with Gasteiger partial charge in [0, 0.05) is 19.3 Å². The monoisotopic (exact) mass is 590 g/mol. The third kappa shape index (κ3) is 14.7. The minimum Gasteiger partial charge on any atom is -0.491 e. The van der Waals surface area contributed by atoms with Gasteiger partial charge in [-0.1, -0.05) is 78.3 Å². The number of benzene rings is 3. The van der Waals surface area contributed by atoms with E-state index < -0.39 is 11.9 Å². The van der Waals surface area contributed by atoms with Crippen LogP contribution in [0.5, 0.6) is 17.2 Å². The van der Waals surface area contributed by atoms with Gasteiger partial charge in [-0.2, -0.15) is 0 Å². The van der Waals surface area contributed by atoms with Crippen LogP contribution in [0.3, 0.4) is 0 Å². The highest BCUT2D eigenvalue weighted by atomic mass is 16.5. The van der Waals surface area contributed by atoms with Crippen molar-refractivity contribution in [2.24, 2.45) is 0 Å². The average molecular weight is 591 g/mol. The van der Waals surface area contributed by atoms with E-state index in [9.17, 15) is 9.59 Å². The number of carbonyl (C=O) groups excluding carboxylic acids is 2. The molecule has 0 heterocycles. The van der Waals surface area contributed by atoms with E-state index in [1.807, 2.05) is 36.4 Å². The summed E-state index contributed by atoms with van der Waals surface area (Å²) in [7, 11) is 0. The number of rotatable bonds is 16. The average Bonchev–Trinajstić information content (AvgIpc) is 3.01. The van der Waals surface area contributed by atoms with Crippen molar-refractivity contribution in [3.63, 3.8) is 0 Å². The second kappa shape index (κ2) is 21.8. The lowest BCUT2D eigenvalue weighted by atomic mass is 10.0. The van der Waals surface area contributed by atoms with Crippen LogP contribution in [-0.2, 0) is 9.53 Å². The lowest BCUT2D eigenvalue weighted by molar-refractivity contribution is -0.128. The quantitative estimate of drug-likeness (QED) is 0.0716. The Balaban J connectivity index is 0.00000103.